The number of aliphatic carboxylic acids is 1. The molecule has 0 spiro atoms. The molecule has 1 saturated heterocycles. The molecular weight excluding hydrogens is 438 g/mol. The number of rotatable bonds is 6. The number of carbonyl (C=O) groups excluding carboxylic acids is 1. The van der Waals surface area contributed by atoms with Gasteiger partial charge in [0.05, 0.1) is 24.1 Å². The second-order valence-corrected chi connectivity index (χ2v) is 8.22. The van der Waals surface area contributed by atoms with Crippen molar-refractivity contribution < 1.29 is 24.2 Å². The average molecular weight is 466 g/mol. The maximum absolute atomic E-state index is 12.1. The molecule has 0 bridgehead atoms. The summed E-state index contributed by atoms with van der Waals surface area (Å²) in [5.41, 5.74) is 6.81. The van der Waals surface area contributed by atoms with Crippen molar-refractivity contribution >= 4 is 23.3 Å². The molecule has 3 aromatic rings. The van der Waals surface area contributed by atoms with Gasteiger partial charge in [-0.3, -0.25) is 9.59 Å². The van der Waals surface area contributed by atoms with Gasteiger partial charge in [-0.25, -0.2) is 9.50 Å². The van der Waals surface area contributed by atoms with Gasteiger partial charge in [-0.05, 0) is 30.5 Å². The zero-order valence-corrected chi connectivity index (χ0v) is 19.0. The third kappa shape index (κ3) is 5.68. The SMILES string of the molecule is CC(C)C(=O)O.N#CC1(c2ccc3c(N)ncnn23)CCC(COC(=O)Cc2ccccc2)O1. The molecule has 1 aromatic carbocycles. The Morgan fingerprint density at radius 3 is 2.68 bits per heavy atom. The van der Waals surface area contributed by atoms with Crippen LogP contribution in [0.1, 0.15) is 37.9 Å². The Kier molecular flexibility index (Phi) is 7.81. The van der Waals surface area contributed by atoms with E-state index in [1.165, 1.54) is 6.33 Å². The Labute approximate surface area is 196 Å². The topological polar surface area (TPSA) is 153 Å². The van der Waals surface area contributed by atoms with Crippen LogP contribution in [-0.2, 0) is 31.1 Å². The molecular formula is C24H27N5O5. The highest BCUT2D eigenvalue weighted by Gasteiger charge is 2.45. The lowest BCUT2D eigenvalue weighted by atomic mass is 9.98. The first-order valence-corrected chi connectivity index (χ1v) is 10.9. The van der Waals surface area contributed by atoms with Crippen molar-refractivity contribution in [1.82, 2.24) is 14.6 Å². The first-order valence-electron chi connectivity index (χ1n) is 10.9. The number of esters is 1. The fraction of sp³-hybridized carbons (Fsp3) is 0.375. The Bertz CT molecular complexity index is 1190. The predicted molar refractivity (Wildman–Crippen MR) is 122 cm³/mol. The Hall–Kier alpha value is -3.97. The van der Waals surface area contributed by atoms with Gasteiger partial charge in [0.15, 0.2) is 11.4 Å². The third-order valence-electron chi connectivity index (χ3n) is 5.38. The van der Waals surface area contributed by atoms with Crippen molar-refractivity contribution in [1.29, 1.82) is 5.26 Å². The van der Waals surface area contributed by atoms with Crippen LogP contribution >= 0.6 is 0 Å². The fourth-order valence-corrected chi connectivity index (χ4v) is 3.47. The summed E-state index contributed by atoms with van der Waals surface area (Å²) in [5, 5.41) is 22.0. The van der Waals surface area contributed by atoms with E-state index in [1.807, 2.05) is 30.3 Å². The van der Waals surface area contributed by atoms with E-state index in [2.05, 4.69) is 16.2 Å². The number of aromatic nitrogens is 3. The van der Waals surface area contributed by atoms with E-state index < -0.39 is 11.6 Å². The Morgan fingerprint density at radius 2 is 2.03 bits per heavy atom. The van der Waals surface area contributed by atoms with Crippen molar-refractivity contribution in [2.45, 2.75) is 44.8 Å². The van der Waals surface area contributed by atoms with Crippen LogP contribution in [-0.4, -0.2) is 44.4 Å². The van der Waals surface area contributed by atoms with E-state index in [0.717, 1.165) is 5.56 Å². The predicted octanol–water partition coefficient (Wildman–Crippen LogP) is 2.72. The number of carboxylic acids is 1. The molecule has 4 rings (SSSR count). The number of ether oxygens (including phenoxy) is 2. The van der Waals surface area contributed by atoms with Crippen molar-refractivity contribution in [3.63, 3.8) is 0 Å². The van der Waals surface area contributed by atoms with Gasteiger partial charge in [0.1, 0.15) is 24.5 Å². The number of nitriles is 1. The minimum absolute atomic E-state index is 0.107. The Balaban J connectivity index is 0.000000481. The van der Waals surface area contributed by atoms with E-state index in [4.69, 9.17) is 20.3 Å². The second kappa shape index (κ2) is 10.8. The quantitative estimate of drug-likeness (QED) is 0.523. The van der Waals surface area contributed by atoms with Gasteiger partial charge < -0.3 is 20.3 Å². The van der Waals surface area contributed by atoms with Gasteiger partial charge in [0, 0.05) is 0 Å². The monoisotopic (exact) mass is 465 g/mol. The molecule has 3 heterocycles. The lowest BCUT2D eigenvalue weighted by molar-refractivity contribution is -0.148. The number of fused-ring (bicyclic) bond motifs is 1. The molecule has 3 N–H and O–H groups in total. The van der Waals surface area contributed by atoms with Crippen molar-refractivity contribution in [2.24, 2.45) is 5.92 Å². The summed E-state index contributed by atoms with van der Waals surface area (Å²) < 4.78 is 13.0. The van der Waals surface area contributed by atoms with Gasteiger partial charge in [-0.15, -0.1) is 0 Å². The van der Waals surface area contributed by atoms with Gasteiger partial charge in [0.2, 0.25) is 0 Å². The zero-order chi connectivity index (χ0) is 24.7. The summed E-state index contributed by atoms with van der Waals surface area (Å²) in [4.78, 5) is 25.7. The van der Waals surface area contributed by atoms with Crippen LogP contribution in [0.3, 0.4) is 0 Å². The summed E-state index contributed by atoms with van der Waals surface area (Å²) in [6.45, 7) is 3.39. The number of hydrogen-bond acceptors (Lipinski definition) is 8. The molecule has 0 radical (unpaired) electrons. The number of carbonyl (C=O) groups is 2. The molecule has 2 aromatic heterocycles. The zero-order valence-electron chi connectivity index (χ0n) is 19.0. The normalized spacial score (nSPS) is 19.3. The third-order valence-corrected chi connectivity index (χ3v) is 5.38. The van der Waals surface area contributed by atoms with E-state index in [0.29, 0.717) is 29.9 Å². The molecule has 2 unspecified atom stereocenters. The number of nitrogens with zero attached hydrogens (tertiary/aromatic N) is 4. The van der Waals surface area contributed by atoms with E-state index in [-0.39, 0.29) is 31.0 Å². The minimum Gasteiger partial charge on any atom is -0.481 e. The average Bonchev–Trinajstić information content (AvgIpc) is 3.45. The lowest BCUT2D eigenvalue weighted by Crippen LogP contribution is -2.29. The molecule has 2 atom stereocenters. The number of carboxylic acid groups (broad SMARTS) is 1. The van der Waals surface area contributed by atoms with Crippen LogP contribution in [0.2, 0.25) is 0 Å². The van der Waals surface area contributed by atoms with Crippen molar-refractivity contribution in [3.05, 3.63) is 60.0 Å². The molecule has 0 saturated carbocycles. The van der Waals surface area contributed by atoms with Crippen molar-refractivity contribution in [2.75, 3.05) is 12.3 Å². The Morgan fingerprint density at radius 1 is 1.32 bits per heavy atom. The van der Waals surface area contributed by atoms with E-state index in [1.54, 1.807) is 30.5 Å². The summed E-state index contributed by atoms with van der Waals surface area (Å²) >= 11 is 0. The van der Waals surface area contributed by atoms with Gasteiger partial charge in [0.25, 0.3) is 0 Å². The van der Waals surface area contributed by atoms with Crippen LogP contribution in [0, 0.1) is 17.2 Å². The first kappa shape index (κ1) is 24.7. The molecule has 1 aliphatic heterocycles. The van der Waals surface area contributed by atoms with Gasteiger partial charge in [-0.2, -0.15) is 10.4 Å². The minimum atomic E-state index is -1.16. The van der Waals surface area contributed by atoms with Gasteiger partial charge in [-0.1, -0.05) is 44.2 Å². The summed E-state index contributed by atoms with van der Waals surface area (Å²) in [5.74, 6) is -0.961. The van der Waals surface area contributed by atoms with E-state index >= 15 is 0 Å². The standard InChI is InChI=1S/C20H19N5O3.C4H8O2/c21-12-20(17-7-6-16-19(22)23-13-24-25(16)17)9-8-15(28-20)11-27-18(26)10-14-4-2-1-3-5-14;1-3(2)4(5)6/h1-7,13,15H,8-11H2,(H2,22,23,24);3H,1-2H3,(H,5,6). The number of benzene rings is 1. The summed E-state index contributed by atoms with van der Waals surface area (Å²) in [6.07, 6.45) is 2.26. The van der Waals surface area contributed by atoms with Gasteiger partial charge >= 0.3 is 11.9 Å². The number of hydrogen-bond donors (Lipinski definition) is 2. The highest BCUT2D eigenvalue weighted by molar-refractivity contribution is 5.72. The largest absolute Gasteiger partial charge is 0.481 e. The maximum Gasteiger partial charge on any atom is 0.310 e. The molecule has 34 heavy (non-hydrogen) atoms. The molecule has 0 aliphatic carbocycles. The molecule has 1 fully saturated rings. The van der Waals surface area contributed by atoms with Crippen LogP contribution in [0.25, 0.3) is 5.52 Å². The molecule has 10 heteroatoms. The van der Waals surface area contributed by atoms with Crippen LogP contribution in [0.4, 0.5) is 5.82 Å². The molecule has 0 amide bonds. The number of anilines is 1. The number of nitrogen functional groups attached to an aromatic ring is 1. The summed E-state index contributed by atoms with van der Waals surface area (Å²) in [7, 11) is 0. The highest BCUT2D eigenvalue weighted by Crippen LogP contribution is 2.39. The highest BCUT2D eigenvalue weighted by atomic mass is 16.6. The second-order valence-electron chi connectivity index (χ2n) is 8.22. The smallest absolute Gasteiger partial charge is 0.310 e. The first-order chi connectivity index (χ1) is 16.3. The summed E-state index contributed by atoms with van der Waals surface area (Å²) in [6, 6.07) is 15.2. The molecule has 1 aliphatic rings. The lowest BCUT2D eigenvalue weighted by Gasteiger charge is -2.21. The molecule has 178 valence electrons. The maximum atomic E-state index is 12.1. The van der Waals surface area contributed by atoms with Crippen LogP contribution < -0.4 is 5.73 Å². The fourth-order valence-electron chi connectivity index (χ4n) is 3.47. The van der Waals surface area contributed by atoms with Crippen LogP contribution in [0.15, 0.2) is 48.8 Å². The number of nitrogens with two attached hydrogens (primary N) is 1. The molecule has 10 nitrogen and oxygen atoms in total. The van der Waals surface area contributed by atoms with Crippen LogP contribution in [0.5, 0.6) is 0 Å². The van der Waals surface area contributed by atoms with Crippen molar-refractivity contribution in [3.8, 4) is 6.07 Å². The van der Waals surface area contributed by atoms with E-state index in [9.17, 15) is 14.9 Å².